The molecule has 1 aliphatic heterocycles. The fourth-order valence-electron chi connectivity index (χ4n) is 3.50. The molecule has 182 valence electrons. The lowest BCUT2D eigenvalue weighted by Gasteiger charge is -2.38. The maximum Gasteiger partial charge on any atom is 0.408 e. The number of amides is 1. The van der Waals surface area contributed by atoms with E-state index in [1.54, 1.807) is 27.0 Å². The van der Waals surface area contributed by atoms with Crippen molar-refractivity contribution < 1.29 is 44.2 Å². The van der Waals surface area contributed by atoms with Crippen LogP contribution in [0.3, 0.4) is 0 Å². The lowest BCUT2D eigenvalue weighted by Crippen LogP contribution is -2.59. The van der Waals surface area contributed by atoms with Crippen molar-refractivity contribution in [1.29, 1.82) is 0 Å². The van der Waals surface area contributed by atoms with E-state index in [1.165, 1.54) is 0 Å². The molecule has 1 amide bonds. The van der Waals surface area contributed by atoms with Gasteiger partial charge in [0.2, 0.25) is 0 Å². The van der Waals surface area contributed by atoms with Crippen LogP contribution in [0.1, 0.15) is 26.3 Å². The van der Waals surface area contributed by atoms with Crippen molar-refractivity contribution in [1.82, 2.24) is 10.3 Å². The molecule has 0 spiro atoms. The number of carbonyl (C=O) groups is 2. The maximum atomic E-state index is 12.9. The highest BCUT2D eigenvalue weighted by Crippen LogP contribution is 2.22. The number of para-hydroxylation sites is 1. The third kappa shape index (κ3) is 6.21. The van der Waals surface area contributed by atoms with Crippen LogP contribution in [0.4, 0.5) is 4.79 Å². The second-order valence-corrected chi connectivity index (χ2v) is 8.93. The number of benzene rings is 1. The summed E-state index contributed by atoms with van der Waals surface area (Å²) in [5, 5.41) is 42.4. The molecular weight excluding hydrogens is 436 g/mol. The van der Waals surface area contributed by atoms with Gasteiger partial charge in [0.15, 0.2) is 6.29 Å². The van der Waals surface area contributed by atoms with Crippen LogP contribution in [0.2, 0.25) is 0 Å². The number of hydrogen-bond acceptors (Lipinski definition) is 9. The van der Waals surface area contributed by atoms with Crippen LogP contribution in [0.25, 0.3) is 10.9 Å². The van der Waals surface area contributed by atoms with Gasteiger partial charge in [-0.05, 0) is 32.4 Å². The summed E-state index contributed by atoms with van der Waals surface area (Å²) in [5.74, 6) is -0.836. The molecule has 6 atom stereocenters. The normalized spacial score (nSPS) is 26.6. The summed E-state index contributed by atoms with van der Waals surface area (Å²) >= 11 is 0. The van der Waals surface area contributed by atoms with Gasteiger partial charge in [0.1, 0.15) is 42.7 Å². The average molecular weight is 466 g/mol. The molecule has 1 aromatic carbocycles. The molecular formula is C22H30N2O9. The number of aromatic nitrogens is 1. The monoisotopic (exact) mass is 466 g/mol. The van der Waals surface area contributed by atoms with E-state index >= 15 is 0 Å². The van der Waals surface area contributed by atoms with E-state index in [0.29, 0.717) is 0 Å². The van der Waals surface area contributed by atoms with Gasteiger partial charge >= 0.3 is 12.1 Å². The van der Waals surface area contributed by atoms with Gasteiger partial charge < -0.3 is 44.9 Å². The number of fused-ring (bicyclic) bond motifs is 1. The summed E-state index contributed by atoms with van der Waals surface area (Å²) in [6, 6.07) is 6.32. The Balaban J connectivity index is 1.72. The standard InChI is InChI=1S/C22H30N2O9/c1-22(2,3)33-21(30)24-14(8-11-9-23-13-7-5-4-6-12(11)13)19(28)31-10-15-16(25)17(26)18(27)20(29)32-15/h4-7,9,14-18,20,23,25-27,29H,8,10H2,1-3H3,(H,24,30)/t14-,15+,16+,17-,18+,20+/m1/s1. The van der Waals surface area contributed by atoms with Gasteiger partial charge in [-0.15, -0.1) is 0 Å². The van der Waals surface area contributed by atoms with E-state index in [9.17, 15) is 30.0 Å². The molecule has 11 heteroatoms. The summed E-state index contributed by atoms with van der Waals surface area (Å²) in [6.07, 6.45) is -7.01. The van der Waals surface area contributed by atoms with Crippen LogP contribution in [-0.2, 0) is 25.4 Å². The van der Waals surface area contributed by atoms with Crippen molar-refractivity contribution in [3.8, 4) is 0 Å². The highest BCUT2D eigenvalue weighted by molar-refractivity contribution is 5.86. The van der Waals surface area contributed by atoms with Gasteiger partial charge in [-0.3, -0.25) is 0 Å². The summed E-state index contributed by atoms with van der Waals surface area (Å²) in [5.41, 5.74) is 0.829. The fourth-order valence-corrected chi connectivity index (χ4v) is 3.50. The van der Waals surface area contributed by atoms with Crippen LogP contribution in [0, 0.1) is 0 Å². The summed E-state index contributed by atoms with van der Waals surface area (Å²) < 4.78 is 15.5. The molecule has 0 bridgehead atoms. The highest BCUT2D eigenvalue weighted by atomic mass is 16.7. The van der Waals surface area contributed by atoms with Gasteiger partial charge in [-0.2, -0.15) is 0 Å². The minimum atomic E-state index is -1.76. The molecule has 0 unspecified atom stereocenters. The smallest absolute Gasteiger partial charge is 0.408 e. The van der Waals surface area contributed by atoms with Crippen molar-refractivity contribution in [2.45, 2.75) is 69.5 Å². The topological polar surface area (TPSA) is 171 Å². The van der Waals surface area contributed by atoms with Crippen LogP contribution >= 0.6 is 0 Å². The molecule has 1 saturated heterocycles. The molecule has 1 fully saturated rings. The number of rotatable bonds is 6. The Morgan fingerprint density at radius 1 is 1.12 bits per heavy atom. The fraction of sp³-hybridized carbons (Fsp3) is 0.545. The van der Waals surface area contributed by atoms with Crippen LogP contribution in [0.15, 0.2) is 30.5 Å². The molecule has 0 aliphatic carbocycles. The zero-order valence-electron chi connectivity index (χ0n) is 18.6. The lowest BCUT2D eigenvalue weighted by molar-refractivity contribution is -0.287. The zero-order chi connectivity index (χ0) is 24.3. The zero-order valence-corrected chi connectivity index (χ0v) is 18.6. The highest BCUT2D eigenvalue weighted by Gasteiger charge is 2.43. The lowest BCUT2D eigenvalue weighted by atomic mass is 9.99. The molecule has 2 heterocycles. The van der Waals surface area contributed by atoms with Gasteiger partial charge in [0.05, 0.1) is 0 Å². The van der Waals surface area contributed by atoms with Gasteiger partial charge in [0.25, 0.3) is 0 Å². The second kappa shape index (κ2) is 10.1. The Morgan fingerprint density at radius 3 is 2.52 bits per heavy atom. The molecule has 33 heavy (non-hydrogen) atoms. The van der Waals surface area contributed by atoms with E-state index in [1.807, 2.05) is 24.3 Å². The Bertz CT molecular complexity index is 970. The van der Waals surface area contributed by atoms with Crippen LogP contribution in [-0.4, -0.2) is 86.4 Å². The van der Waals surface area contributed by atoms with Crippen molar-refractivity contribution >= 4 is 23.0 Å². The molecule has 0 saturated carbocycles. The number of hydrogen-bond donors (Lipinski definition) is 6. The number of ether oxygens (including phenoxy) is 3. The number of aliphatic hydroxyl groups excluding tert-OH is 4. The number of H-pyrrole nitrogens is 1. The minimum Gasteiger partial charge on any atom is -0.461 e. The predicted octanol–water partition coefficient (Wildman–Crippen LogP) is -0.0532. The van der Waals surface area contributed by atoms with E-state index in [2.05, 4.69) is 10.3 Å². The van der Waals surface area contributed by atoms with E-state index < -0.39 is 61.0 Å². The van der Waals surface area contributed by atoms with E-state index in [4.69, 9.17) is 14.2 Å². The number of aromatic amines is 1. The minimum absolute atomic E-state index is 0.0835. The van der Waals surface area contributed by atoms with Crippen molar-refractivity contribution in [3.63, 3.8) is 0 Å². The molecule has 1 aromatic heterocycles. The average Bonchev–Trinajstić information content (AvgIpc) is 3.14. The second-order valence-electron chi connectivity index (χ2n) is 8.93. The SMILES string of the molecule is CC(C)(C)OC(=O)N[C@H](Cc1c[nH]c2ccccc12)C(=O)OC[C@@H]1O[C@H](O)[C@@H](O)[C@H](O)[C@H]1O. The van der Waals surface area contributed by atoms with Crippen molar-refractivity contribution in [3.05, 3.63) is 36.0 Å². The Kier molecular flexibility index (Phi) is 7.60. The number of alkyl carbamates (subject to hydrolysis) is 1. The number of nitrogens with one attached hydrogen (secondary N) is 2. The van der Waals surface area contributed by atoms with Crippen molar-refractivity contribution in [2.75, 3.05) is 6.61 Å². The number of aliphatic hydroxyl groups is 4. The first-order valence-electron chi connectivity index (χ1n) is 10.5. The molecule has 6 N–H and O–H groups in total. The molecule has 2 aromatic rings. The van der Waals surface area contributed by atoms with Gasteiger partial charge in [-0.1, -0.05) is 18.2 Å². The summed E-state index contributed by atoms with van der Waals surface area (Å²) in [4.78, 5) is 28.3. The first kappa shape index (κ1) is 24.9. The van der Waals surface area contributed by atoms with Crippen LogP contribution < -0.4 is 5.32 Å². The molecule has 11 nitrogen and oxygen atoms in total. The first-order chi connectivity index (χ1) is 15.5. The van der Waals surface area contributed by atoms with Gasteiger partial charge in [0, 0.05) is 23.5 Å². The molecule has 3 rings (SSSR count). The van der Waals surface area contributed by atoms with Crippen molar-refractivity contribution in [2.24, 2.45) is 0 Å². The number of esters is 1. The summed E-state index contributed by atoms with van der Waals surface area (Å²) in [7, 11) is 0. The third-order valence-electron chi connectivity index (χ3n) is 5.15. The maximum absolute atomic E-state index is 12.9. The van der Waals surface area contributed by atoms with Gasteiger partial charge in [-0.25, -0.2) is 9.59 Å². The Morgan fingerprint density at radius 2 is 1.82 bits per heavy atom. The third-order valence-corrected chi connectivity index (χ3v) is 5.15. The van der Waals surface area contributed by atoms with E-state index in [-0.39, 0.29) is 6.42 Å². The molecule has 0 radical (unpaired) electrons. The Labute approximate surface area is 190 Å². The Hall–Kier alpha value is -2.70. The predicted molar refractivity (Wildman–Crippen MR) is 115 cm³/mol. The van der Waals surface area contributed by atoms with Crippen LogP contribution in [0.5, 0.6) is 0 Å². The molecule has 1 aliphatic rings. The largest absolute Gasteiger partial charge is 0.461 e. The summed E-state index contributed by atoms with van der Waals surface area (Å²) in [6.45, 7) is 4.53. The first-order valence-corrected chi connectivity index (χ1v) is 10.5. The van der Waals surface area contributed by atoms with E-state index in [0.717, 1.165) is 16.5 Å². The quantitative estimate of drug-likeness (QED) is 0.319. The number of carbonyl (C=O) groups excluding carboxylic acids is 2.